The van der Waals surface area contributed by atoms with Crippen LogP contribution in [0.1, 0.15) is 38.1 Å². The number of carbonyl (C=O) groups is 2. The first-order valence-corrected chi connectivity index (χ1v) is 6.29. The van der Waals surface area contributed by atoms with Gasteiger partial charge in [-0.2, -0.15) is 0 Å². The molecule has 20 heavy (non-hydrogen) atoms. The van der Waals surface area contributed by atoms with E-state index in [1.54, 1.807) is 33.8 Å². The van der Waals surface area contributed by atoms with Gasteiger partial charge in [-0.25, -0.2) is 9.59 Å². The number of nitrogen functional groups attached to an aromatic ring is 1. The molecule has 0 saturated carbocycles. The average Bonchev–Trinajstić information content (AvgIpc) is 2.29. The molecule has 6 heteroatoms. The third-order valence-electron chi connectivity index (χ3n) is 2.17. The van der Waals surface area contributed by atoms with E-state index in [1.165, 1.54) is 12.1 Å². The highest BCUT2D eigenvalue weighted by molar-refractivity contribution is 6.00. The number of benzene rings is 1. The van der Waals surface area contributed by atoms with E-state index in [1.807, 2.05) is 0 Å². The summed E-state index contributed by atoms with van der Waals surface area (Å²) in [6.45, 7) is 7.19. The minimum absolute atomic E-state index is 0.192. The van der Waals surface area contributed by atoms with E-state index in [0.717, 1.165) is 0 Å². The summed E-state index contributed by atoms with van der Waals surface area (Å²) >= 11 is 0. The Hall–Kier alpha value is -2.24. The Balaban J connectivity index is 2.94. The summed E-state index contributed by atoms with van der Waals surface area (Å²) in [7, 11) is 0. The molecule has 3 N–H and O–H groups in total. The first-order chi connectivity index (χ1) is 9.23. The highest BCUT2D eigenvalue weighted by Crippen LogP contribution is 2.21. The molecule has 6 nitrogen and oxygen atoms in total. The third kappa shape index (κ3) is 4.79. The molecule has 1 rings (SSSR count). The summed E-state index contributed by atoms with van der Waals surface area (Å²) < 4.78 is 10.1. The Bertz CT molecular complexity index is 506. The number of hydrogen-bond acceptors (Lipinski definition) is 5. The van der Waals surface area contributed by atoms with Crippen molar-refractivity contribution in [1.82, 2.24) is 0 Å². The van der Waals surface area contributed by atoms with Gasteiger partial charge in [0.05, 0.1) is 17.9 Å². The van der Waals surface area contributed by atoms with Crippen molar-refractivity contribution in [2.75, 3.05) is 17.7 Å². The number of anilines is 2. The van der Waals surface area contributed by atoms with Crippen LogP contribution in [0.15, 0.2) is 18.2 Å². The topological polar surface area (TPSA) is 90.6 Å². The molecule has 1 aromatic carbocycles. The highest BCUT2D eigenvalue weighted by atomic mass is 16.6. The molecule has 1 amide bonds. The van der Waals surface area contributed by atoms with Crippen LogP contribution in [0.25, 0.3) is 0 Å². The van der Waals surface area contributed by atoms with Crippen molar-refractivity contribution in [3.63, 3.8) is 0 Å². The van der Waals surface area contributed by atoms with E-state index in [-0.39, 0.29) is 12.2 Å². The van der Waals surface area contributed by atoms with Crippen molar-refractivity contribution in [1.29, 1.82) is 0 Å². The van der Waals surface area contributed by atoms with Crippen LogP contribution < -0.4 is 11.1 Å². The molecule has 0 fully saturated rings. The molecule has 0 aliphatic rings. The first kappa shape index (κ1) is 15.8. The molecule has 0 atom stereocenters. The van der Waals surface area contributed by atoms with Crippen molar-refractivity contribution in [2.24, 2.45) is 0 Å². The Morgan fingerprint density at radius 1 is 1.30 bits per heavy atom. The minimum Gasteiger partial charge on any atom is -0.462 e. The van der Waals surface area contributed by atoms with Gasteiger partial charge in [0.2, 0.25) is 0 Å². The summed E-state index contributed by atoms with van der Waals surface area (Å²) in [4.78, 5) is 23.5. The van der Waals surface area contributed by atoms with Crippen LogP contribution in [-0.2, 0) is 9.47 Å². The summed E-state index contributed by atoms with van der Waals surface area (Å²) in [6.07, 6.45) is -0.646. The number of esters is 1. The lowest BCUT2D eigenvalue weighted by Crippen LogP contribution is -2.27. The molecule has 0 radical (unpaired) electrons. The predicted molar refractivity (Wildman–Crippen MR) is 76.7 cm³/mol. The van der Waals surface area contributed by atoms with Gasteiger partial charge in [-0.05, 0) is 45.9 Å². The van der Waals surface area contributed by atoms with Gasteiger partial charge < -0.3 is 15.2 Å². The fourth-order valence-corrected chi connectivity index (χ4v) is 1.46. The van der Waals surface area contributed by atoms with Gasteiger partial charge in [0.25, 0.3) is 0 Å². The van der Waals surface area contributed by atoms with Gasteiger partial charge in [-0.1, -0.05) is 0 Å². The second kappa shape index (κ2) is 6.27. The molecule has 0 aromatic heterocycles. The van der Waals surface area contributed by atoms with E-state index in [4.69, 9.17) is 15.2 Å². The standard InChI is InChI=1S/C14H20N2O4/c1-5-19-12(17)10-8-9(15)6-7-11(10)16-13(18)20-14(2,3)4/h6-8H,5,15H2,1-4H3,(H,16,18). The summed E-state index contributed by atoms with van der Waals surface area (Å²) in [5, 5.41) is 2.52. The van der Waals surface area contributed by atoms with Crippen LogP contribution in [0.5, 0.6) is 0 Å². The number of rotatable bonds is 3. The maximum Gasteiger partial charge on any atom is 0.412 e. The normalized spacial score (nSPS) is 10.8. The highest BCUT2D eigenvalue weighted by Gasteiger charge is 2.19. The maximum atomic E-state index is 11.8. The predicted octanol–water partition coefficient (Wildman–Crippen LogP) is 2.79. The molecule has 0 spiro atoms. The molecular formula is C14H20N2O4. The molecule has 0 aliphatic heterocycles. The SMILES string of the molecule is CCOC(=O)c1cc(N)ccc1NC(=O)OC(C)(C)C. The number of amides is 1. The second-order valence-corrected chi connectivity index (χ2v) is 5.15. The lowest BCUT2D eigenvalue weighted by Gasteiger charge is -2.20. The van der Waals surface area contributed by atoms with E-state index in [9.17, 15) is 9.59 Å². The van der Waals surface area contributed by atoms with Gasteiger partial charge in [0.15, 0.2) is 0 Å². The number of nitrogens with one attached hydrogen (secondary N) is 1. The number of nitrogens with two attached hydrogens (primary N) is 1. The van der Waals surface area contributed by atoms with Crippen LogP contribution in [-0.4, -0.2) is 24.3 Å². The summed E-state index contributed by atoms with van der Waals surface area (Å²) in [5.74, 6) is -0.550. The van der Waals surface area contributed by atoms with Gasteiger partial charge in [-0.15, -0.1) is 0 Å². The van der Waals surface area contributed by atoms with E-state index in [0.29, 0.717) is 11.4 Å². The molecule has 0 bridgehead atoms. The fraction of sp³-hybridized carbons (Fsp3) is 0.429. The van der Waals surface area contributed by atoms with Gasteiger partial charge >= 0.3 is 12.1 Å². The van der Waals surface area contributed by atoms with E-state index in [2.05, 4.69) is 5.32 Å². The summed E-state index contributed by atoms with van der Waals surface area (Å²) in [6, 6.07) is 4.56. The quantitative estimate of drug-likeness (QED) is 0.656. The molecule has 0 aliphatic carbocycles. The lowest BCUT2D eigenvalue weighted by molar-refractivity contribution is 0.0527. The fourth-order valence-electron chi connectivity index (χ4n) is 1.46. The van der Waals surface area contributed by atoms with Crippen LogP contribution in [0.2, 0.25) is 0 Å². The van der Waals surface area contributed by atoms with E-state index < -0.39 is 17.7 Å². The molecular weight excluding hydrogens is 260 g/mol. The zero-order chi connectivity index (χ0) is 15.3. The zero-order valence-corrected chi connectivity index (χ0v) is 12.1. The van der Waals surface area contributed by atoms with Gasteiger partial charge in [0.1, 0.15) is 5.60 Å². The van der Waals surface area contributed by atoms with Crippen molar-refractivity contribution < 1.29 is 19.1 Å². The number of hydrogen-bond donors (Lipinski definition) is 2. The molecule has 0 heterocycles. The monoisotopic (exact) mass is 280 g/mol. The Kier molecular flexibility index (Phi) is 4.96. The Morgan fingerprint density at radius 2 is 1.95 bits per heavy atom. The minimum atomic E-state index is -0.646. The number of carbonyl (C=O) groups excluding carboxylic acids is 2. The zero-order valence-electron chi connectivity index (χ0n) is 12.1. The number of ether oxygens (including phenoxy) is 2. The molecule has 110 valence electrons. The van der Waals surface area contributed by atoms with Crippen LogP contribution in [0.4, 0.5) is 16.2 Å². The van der Waals surface area contributed by atoms with Crippen molar-refractivity contribution in [3.8, 4) is 0 Å². The second-order valence-electron chi connectivity index (χ2n) is 5.15. The van der Waals surface area contributed by atoms with Gasteiger partial charge in [0, 0.05) is 5.69 Å². The average molecular weight is 280 g/mol. The van der Waals surface area contributed by atoms with Crippen molar-refractivity contribution in [2.45, 2.75) is 33.3 Å². The summed E-state index contributed by atoms with van der Waals surface area (Å²) in [5.41, 5.74) is 5.91. The van der Waals surface area contributed by atoms with Crippen LogP contribution in [0.3, 0.4) is 0 Å². The maximum absolute atomic E-state index is 11.8. The first-order valence-electron chi connectivity index (χ1n) is 6.29. The van der Waals surface area contributed by atoms with Crippen LogP contribution in [0, 0.1) is 0 Å². The Morgan fingerprint density at radius 3 is 2.50 bits per heavy atom. The van der Waals surface area contributed by atoms with Crippen LogP contribution >= 0.6 is 0 Å². The molecule has 0 saturated heterocycles. The third-order valence-corrected chi connectivity index (χ3v) is 2.17. The molecule has 1 aromatic rings. The molecule has 0 unspecified atom stereocenters. The van der Waals surface area contributed by atoms with Gasteiger partial charge in [-0.3, -0.25) is 5.32 Å². The van der Waals surface area contributed by atoms with Crippen molar-refractivity contribution >= 4 is 23.4 Å². The Labute approximate surface area is 118 Å². The van der Waals surface area contributed by atoms with E-state index >= 15 is 0 Å². The largest absolute Gasteiger partial charge is 0.462 e. The lowest BCUT2D eigenvalue weighted by atomic mass is 10.1. The smallest absolute Gasteiger partial charge is 0.412 e. The van der Waals surface area contributed by atoms with Crippen molar-refractivity contribution in [3.05, 3.63) is 23.8 Å².